The van der Waals surface area contributed by atoms with E-state index >= 15 is 0 Å². The van der Waals surface area contributed by atoms with E-state index in [0.29, 0.717) is 5.56 Å². The maximum atomic E-state index is 9.72. The van der Waals surface area contributed by atoms with E-state index < -0.39 is 12.2 Å². The topological polar surface area (TPSA) is 79.4 Å². The van der Waals surface area contributed by atoms with Crippen LogP contribution in [0, 0.1) is 0 Å². The van der Waals surface area contributed by atoms with Crippen LogP contribution in [0.25, 0.3) is 0 Å². The summed E-state index contributed by atoms with van der Waals surface area (Å²) < 4.78 is 0. The number of halogens is 2. The molecule has 0 spiro atoms. The summed E-state index contributed by atoms with van der Waals surface area (Å²) >= 11 is 11.3. The SMILES string of the molecule is Nc1cc(Cl)c(C(O)C(O)CCCl)cn1. The summed E-state index contributed by atoms with van der Waals surface area (Å²) in [5.41, 5.74) is 5.75. The lowest BCUT2D eigenvalue weighted by Gasteiger charge is -2.17. The summed E-state index contributed by atoms with van der Waals surface area (Å²) in [5, 5.41) is 19.5. The normalized spacial score (nSPS) is 14.9. The fourth-order valence-electron chi connectivity index (χ4n) is 1.15. The van der Waals surface area contributed by atoms with Crippen molar-refractivity contribution in [2.45, 2.75) is 18.6 Å². The fourth-order valence-corrected chi connectivity index (χ4v) is 1.65. The second kappa shape index (κ2) is 5.51. The van der Waals surface area contributed by atoms with Crippen molar-refractivity contribution >= 4 is 29.0 Å². The van der Waals surface area contributed by atoms with Crippen LogP contribution < -0.4 is 5.73 Å². The number of aliphatic hydroxyl groups excluding tert-OH is 2. The van der Waals surface area contributed by atoms with E-state index in [1.165, 1.54) is 12.3 Å². The van der Waals surface area contributed by atoms with Gasteiger partial charge in [0.1, 0.15) is 11.9 Å². The molecule has 0 saturated heterocycles. The van der Waals surface area contributed by atoms with Crippen molar-refractivity contribution in [1.82, 2.24) is 4.98 Å². The quantitative estimate of drug-likeness (QED) is 0.705. The second-order valence-corrected chi connectivity index (χ2v) is 3.91. The molecule has 0 aliphatic rings. The molecule has 0 fully saturated rings. The maximum Gasteiger partial charge on any atom is 0.124 e. The molecule has 0 radical (unpaired) electrons. The number of hydrogen-bond donors (Lipinski definition) is 3. The van der Waals surface area contributed by atoms with Gasteiger partial charge in [0, 0.05) is 17.6 Å². The number of alkyl halides is 1. The molecule has 0 aliphatic heterocycles. The lowest BCUT2D eigenvalue weighted by atomic mass is 10.0. The fraction of sp³-hybridized carbons (Fsp3) is 0.444. The standard InChI is InChI=1S/C9H12Cl2N2O2/c10-2-1-7(14)9(15)5-4-13-8(12)3-6(5)11/h3-4,7,9,14-15H,1-2H2,(H2,12,13). The predicted molar refractivity (Wildman–Crippen MR) is 60.0 cm³/mol. The first kappa shape index (κ1) is 12.5. The first-order chi connectivity index (χ1) is 7.06. The van der Waals surface area contributed by atoms with Crippen LogP contribution in [0.2, 0.25) is 5.02 Å². The Kier molecular flexibility index (Phi) is 4.60. The number of pyridine rings is 1. The maximum absolute atomic E-state index is 9.72. The first-order valence-electron chi connectivity index (χ1n) is 4.39. The Morgan fingerprint density at radius 2 is 2.13 bits per heavy atom. The monoisotopic (exact) mass is 250 g/mol. The highest BCUT2D eigenvalue weighted by Crippen LogP contribution is 2.26. The van der Waals surface area contributed by atoms with Crippen LogP contribution in [0.15, 0.2) is 12.3 Å². The summed E-state index contributed by atoms with van der Waals surface area (Å²) in [4.78, 5) is 3.79. The van der Waals surface area contributed by atoms with Crippen molar-refractivity contribution in [2.24, 2.45) is 0 Å². The highest BCUT2D eigenvalue weighted by Gasteiger charge is 2.20. The molecule has 0 saturated carbocycles. The molecule has 6 heteroatoms. The number of nitrogens with two attached hydrogens (primary N) is 1. The van der Waals surface area contributed by atoms with Crippen molar-refractivity contribution in [3.05, 3.63) is 22.8 Å². The third-order valence-corrected chi connectivity index (χ3v) is 2.54. The van der Waals surface area contributed by atoms with Crippen LogP contribution in [0.4, 0.5) is 5.82 Å². The molecule has 0 aromatic carbocycles. The van der Waals surface area contributed by atoms with E-state index in [-0.39, 0.29) is 23.1 Å². The van der Waals surface area contributed by atoms with Crippen molar-refractivity contribution in [2.75, 3.05) is 11.6 Å². The van der Waals surface area contributed by atoms with Crippen LogP contribution in [-0.2, 0) is 0 Å². The van der Waals surface area contributed by atoms with Crippen LogP contribution in [-0.4, -0.2) is 27.2 Å². The highest BCUT2D eigenvalue weighted by molar-refractivity contribution is 6.31. The van der Waals surface area contributed by atoms with Crippen molar-refractivity contribution in [1.29, 1.82) is 0 Å². The lowest BCUT2D eigenvalue weighted by Crippen LogP contribution is -2.19. The van der Waals surface area contributed by atoms with Gasteiger partial charge in [0.2, 0.25) is 0 Å². The number of rotatable bonds is 4. The molecule has 2 atom stereocenters. The molecule has 1 aromatic heterocycles. The summed E-state index contributed by atoms with van der Waals surface area (Å²) in [5.74, 6) is 0.529. The van der Waals surface area contributed by atoms with Crippen LogP contribution in [0.3, 0.4) is 0 Å². The zero-order valence-corrected chi connectivity index (χ0v) is 9.41. The van der Waals surface area contributed by atoms with E-state index in [9.17, 15) is 10.2 Å². The molecule has 4 N–H and O–H groups in total. The highest BCUT2D eigenvalue weighted by atomic mass is 35.5. The zero-order chi connectivity index (χ0) is 11.4. The molecule has 1 rings (SSSR count). The van der Waals surface area contributed by atoms with Crippen LogP contribution in [0.1, 0.15) is 18.1 Å². The Morgan fingerprint density at radius 3 is 2.67 bits per heavy atom. The average molecular weight is 251 g/mol. The van der Waals surface area contributed by atoms with E-state index in [2.05, 4.69) is 4.98 Å². The van der Waals surface area contributed by atoms with Crippen LogP contribution in [0.5, 0.6) is 0 Å². The average Bonchev–Trinajstić information content (AvgIpc) is 2.17. The van der Waals surface area contributed by atoms with Gasteiger partial charge in [-0.05, 0) is 12.5 Å². The van der Waals surface area contributed by atoms with Crippen molar-refractivity contribution in [3.63, 3.8) is 0 Å². The van der Waals surface area contributed by atoms with Gasteiger partial charge in [-0.3, -0.25) is 0 Å². The van der Waals surface area contributed by atoms with Gasteiger partial charge in [0.25, 0.3) is 0 Å². The molecular formula is C9H12Cl2N2O2. The molecule has 1 heterocycles. The van der Waals surface area contributed by atoms with E-state index in [0.717, 1.165) is 0 Å². The van der Waals surface area contributed by atoms with Gasteiger partial charge in [0.05, 0.1) is 11.1 Å². The van der Waals surface area contributed by atoms with Crippen LogP contribution >= 0.6 is 23.2 Å². The molecular weight excluding hydrogens is 239 g/mol. The van der Waals surface area contributed by atoms with Crippen molar-refractivity contribution < 1.29 is 10.2 Å². The summed E-state index contributed by atoms with van der Waals surface area (Å²) in [6, 6.07) is 1.42. The van der Waals surface area contributed by atoms with Gasteiger partial charge >= 0.3 is 0 Å². The Bertz CT molecular complexity index is 336. The molecule has 4 nitrogen and oxygen atoms in total. The minimum atomic E-state index is -1.09. The molecule has 0 aliphatic carbocycles. The van der Waals surface area contributed by atoms with E-state index in [1.807, 2.05) is 0 Å². The number of aliphatic hydroxyl groups is 2. The molecule has 84 valence electrons. The Morgan fingerprint density at radius 1 is 1.47 bits per heavy atom. The molecule has 1 aromatic rings. The van der Waals surface area contributed by atoms with Crippen molar-refractivity contribution in [3.8, 4) is 0 Å². The van der Waals surface area contributed by atoms with E-state index in [1.54, 1.807) is 0 Å². The molecule has 15 heavy (non-hydrogen) atoms. The zero-order valence-electron chi connectivity index (χ0n) is 7.90. The van der Waals surface area contributed by atoms with Gasteiger partial charge < -0.3 is 15.9 Å². The smallest absolute Gasteiger partial charge is 0.124 e. The molecule has 0 bridgehead atoms. The van der Waals surface area contributed by atoms with Gasteiger partial charge in [0.15, 0.2) is 0 Å². The Balaban J connectivity index is 2.86. The van der Waals surface area contributed by atoms with Gasteiger partial charge in [-0.15, -0.1) is 11.6 Å². The predicted octanol–water partition coefficient (Wildman–Crippen LogP) is 1.34. The summed E-state index contributed by atoms with van der Waals surface area (Å²) in [6.45, 7) is 0. The van der Waals surface area contributed by atoms with Gasteiger partial charge in [-0.2, -0.15) is 0 Å². The first-order valence-corrected chi connectivity index (χ1v) is 5.30. The minimum Gasteiger partial charge on any atom is -0.390 e. The Labute approximate surface area is 97.6 Å². The summed E-state index contributed by atoms with van der Waals surface area (Å²) in [7, 11) is 0. The number of anilines is 1. The minimum absolute atomic E-state index is 0.262. The Hall–Kier alpha value is -0.550. The number of aromatic nitrogens is 1. The van der Waals surface area contributed by atoms with Gasteiger partial charge in [-0.25, -0.2) is 4.98 Å². The number of nitrogen functional groups attached to an aromatic ring is 1. The third-order valence-electron chi connectivity index (χ3n) is 1.99. The lowest BCUT2D eigenvalue weighted by molar-refractivity contribution is 0.0169. The second-order valence-electron chi connectivity index (χ2n) is 3.12. The van der Waals surface area contributed by atoms with E-state index in [4.69, 9.17) is 28.9 Å². The number of hydrogen-bond acceptors (Lipinski definition) is 4. The number of nitrogens with zero attached hydrogens (tertiary/aromatic N) is 1. The molecule has 0 amide bonds. The summed E-state index contributed by atoms with van der Waals surface area (Å²) in [6.07, 6.45) is -0.418. The van der Waals surface area contributed by atoms with Gasteiger partial charge in [-0.1, -0.05) is 11.6 Å². The third kappa shape index (κ3) is 3.21. The largest absolute Gasteiger partial charge is 0.390 e. The molecule has 2 unspecified atom stereocenters.